The second kappa shape index (κ2) is 43.6. The van der Waals surface area contributed by atoms with Crippen molar-refractivity contribution >= 4 is 365 Å². The fourth-order valence-corrected chi connectivity index (χ4v) is 544. The highest BCUT2D eigenvalue weighted by atomic mass is 30.5. The average Bonchev–Trinajstić information content (AvgIpc) is 0.637. The van der Waals surface area contributed by atoms with Crippen LogP contribution >= 0.6 is 0 Å². The lowest BCUT2D eigenvalue weighted by Crippen LogP contribution is -3.15. The molecule has 0 saturated heterocycles. The van der Waals surface area contributed by atoms with Crippen LogP contribution in [0, 0.1) is 0 Å². The van der Waals surface area contributed by atoms with Crippen molar-refractivity contribution in [2.75, 3.05) is 7.11 Å². The van der Waals surface area contributed by atoms with Gasteiger partial charge >= 0.3 is 127 Å². The van der Waals surface area contributed by atoms with E-state index < -0.39 is 355 Å². The maximum atomic E-state index is 13.4. The van der Waals surface area contributed by atoms with Crippen LogP contribution in [-0.4, -0.2) is 492 Å². The van der Waals surface area contributed by atoms with Crippen molar-refractivity contribution in [3.05, 3.63) is 0 Å². The highest BCUT2D eigenvalue weighted by Crippen LogP contribution is 2.55. The first-order chi connectivity index (χ1) is 43.0. The lowest BCUT2D eigenvalue weighted by atomic mass is 11.8. The molecule has 0 aliphatic carbocycles. The molecular formula is C9H52O41Si42. The Morgan fingerprint density at radius 2 is 0.652 bits per heavy atom. The van der Waals surface area contributed by atoms with Gasteiger partial charge in [0.05, 0.1) is 0 Å². The Labute approximate surface area is 604 Å². The first-order valence-corrected chi connectivity index (χ1v) is 107. The Kier molecular flexibility index (Phi) is 47.1. The Bertz CT molecular complexity index is 1990. The van der Waals surface area contributed by atoms with Gasteiger partial charge in [-0.2, -0.15) is 0 Å². The van der Waals surface area contributed by atoms with Gasteiger partial charge in [0.1, 0.15) is 0 Å². The average molecular weight is 2000 g/mol. The first kappa shape index (κ1) is 99.5. The third-order valence-electron chi connectivity index (χ3n) is 12.0. The van der Waals surface area contributed by atoms with Gasteiger partial charge in [0, 0.05) is 7.11 Å². The third-order valence-corrected chi connectivity index (χ3v) is 328. The summed E-state index contributed by atoms with van der Waals surface area (Å²) in [5.74, 6) is 0. The third kappa shape index (κ3) is 19.4. The summed E-state index contributed by atoms with van der Waals surface area (Å²) in [5, 5.41) is 0. The molecule has 0 aliphatic rings. The van der Waals surface area contributed by atoms with E-state index in [0.29, 0.717) is 0 Å². The van der Waals surface area contributed by atoms with Gasteiger partial charge in [0.2, 0.25) is 148 Å². The lowest BCUT2D eigenvalue weighted by Gasteiger charge is -2.71. The summed E-state index contributed by atoms with van der Waals surface area (Å²) in [6.07, 6.45) is 0. The summed E-state index contributed by atoms with van der Waals surface area (Å²) in [6.45, 7) is -43.6. The topological polar surface area (TPSA) is 653 Å². The monoisotopic (exact) mass is 1990 g/mol. The van der Waals surface area contributed by atoms with E-state index in [-0.39, 0.29) is 0 Å². The molecule has 0 saturated carbocycles. The number of hydrogen-bond donors (Lipinski definition) is 25. The van der Waals surface area contributed by atoms with E-state index in [1.54, 1.807) is 0 Å². The second-order valence-electron chi connectivity index (χ2n) is 18.4. The molecule has 0 aromatic carbocycles. The quantitative estimate of drug-likeness (QED) is 0.0251. The smallest absolute Gasteiger partial charge is 0.420 e. The van der Waals surface area contributed by atoms with Gasteiger partial charge in [-0.05, 0) is 52.4 Å². The molecular weight excluding hydrogens is 1940 g/mol. The van der Waals surface area contributed by atoms with E-state index in [4.69, 9.17) is 66.2 Å². The van der Waals surface area contributed by atoms with Gasteiger partial charge < -0.3 is 186 Å². The SMILES string of the molecule is CO[Si](C)(C)[Si](O[Si]O)([Si]O)[Si](O[Si](O[Si]O)([Si]O)[Si](C)O)([Si](O[Si]O)([Si]O)[Si]O)[Si](O[Si](C)(C)O[Si](C)(C)C)(O[Si](O[Si](O[Si])([Si]O)[Si]O)([Si](O[Si]O)([Si]O)[Si]O)[Si](O[Si]O)([Si]O)[Si]O)[Si](O[Si](O[Si]O)([Si]O)[Si]O)([Si](O[Si]O)([Si]O)[Si]O)[Si](O[Si]O)([Si]O)[Si]O. The molecule has 25 N–H and O–H groups in total. The zero-order valence-corrected chi connectivity index (χ0v) is 89.7. The highest BCUT2D eigenvalue weighted by molar-refractivity contribution is 8.24. The van der Waals surface area contributed by atoms with E-state index in [0.717, 1.165) is 26.8 Å². The first-order valence-electron chi connectivity index (χ1n) is 22.8. The summed E-state index contributed by atoms with van der Waals surface area (Å²) >= 11 is 0. The molecule has 0 spiro atoms. The minimum Gasteiger partial charge on any atom is -0.439 e. The van der Waals surface area contributed by atoms with E-state index in [9.17, 15) is 120 Å². The summed E-state index contributed by atoms with van der Waals surface area (Å²) < 4.78 is 109. The fraction of sp³-hybridized carbons (Fsp3) is 1.00. The Morgan fingerprint density at radius 1 is 0.315 bits per heavy atom. The van der Waals surface area contributed by atoms with Gasteiger partial charge in [0.15, 0.2) is 8.32 Å². The maximum Gasteiger partial charge on any atom is 0.420 e. The molecule has 0 amide bonds. The minimum absolute atomic E-state index is 0.949. The normalized spacial score (nSPS) is 17.1. The molecule has 0 aromatic heterocycles. The predicted octanol–water partition coefficient (Wildman–Crippen LogP) is -26.2. The number of hydrogen-bond acceptors (Lipinski definition) is 41. The van der Waals surface area contributed by atoms with Gasteiger partial charge in [-0.1, -0.05) is 0 Å². The number of rotatable bonds is 56. The van der Waals surface area contributed by atoms with Crippen LogP contribution in [0.1, 0.15) is 0 Å². The van der Waals surface area contributed by atoms with Crippen molar-refractivity contribution in [3.8, 4) is 0 Å². The van der Waals surface area contributed by atoms with Crippen LogP contribution in [0.5, 0.6) is 0 Å². The second-order valence-corrected chi connectivity index (χ2v) is 195. The molecule has 0 aliphatic heterocycles. The Morgan fingerprint density at radius 3 is 0.913 bits per heavy atom. The van der Waals surface area contributed by atoms with Crippen LogP contribution in [0.25, 0.3) is 0 Å². The fourth-order valence-electron chi connectivity index (χ4n) is 8.47. The Balaban J connectivity index is 14.8. The Hall–Kier alpha value is 7.47. The molecule has 0 bridgehead atoms. The van der Waals surface area contributed by atoms with Crippen molar-refractivity contribution in [1.29, 1.82) is 0 Å². The van der Waals surface area contributed by atoms with E-state index in [1.165, 1.54) is 32.7 Å². The van der Waals surface area contributed by atoms with E-state index >= 15 is 0 Å². The van der Waals surface area contributed by atoms with Crippen molar-refractivity contribution < 1.29 is 186 Å². The highest BCUT2D eigenvalue weighted by Gasteiger charge is 3.02. The van der Waals surface area contributed by atoms with Crippen LogP contribution in [0.3, 0.4) is 0 Å². The molecule has 92 heavy (non-hydrogen) atoms. The standard InChI is InChI=1S/C9H52O41Si42/c1-35-79(8,9)90(75-33,44-59-17)92(89(73-31,74-32)43-58-16,49-82(64-22,38-53-11)76(2)34)84(46-78(6,7)45-77(3,4)5,50-83(47-80(36-51,60-18)61-19,85(65-23,66-24)39-54-12)86(67-25,68-26)40-55-13)91(87(69-27,70-28)41-56-14,88(71-29,72-30)42-57-15)48-81(62-20,63-21)37-52-10/h10-34H,1-9H3. The molecule has 52 radical (unpaired) electrons. The largest absolute Gasteiger partial charge is 0.439 e. The van der Waals surface area contributed by atoms with Crippen molar-refractivity contribution in [2.24, 2.45) is 0 Å². The molecule has 41 nitrogen and oxygen atoms in total. The van der Waals surface area contributed by atoms with Crippen LogP contribution in [0.15, 0.2) is 0 Å². The maximum absolute atomic E-state index is 13.4. The van der Waals surface area contributed by atoms with Gasteiger partial charge in [-0.15, -0.1) is 0 Å². The molecule has 0 rings (SSSR count). The minimum atomic E-state index is -8.15. The molecule has 0 heterocycles. The summed E-state index contributed by atoms with van der Waals surface area (Å²) in [7, 11) is -99.6. The van der Waals surface area contributed by atoms with Crippen LogP contribution < -0.4 is 0 Å². The van der Waals surface area contributed by atoms with Gasteiger partial charge in [0.25, 0.3) is 82.4 Å². The van der Waals surface area contributed by atoms with E-state index in [1.807, 2.05) is 0 Å². The van der Waals surface area contributed by atoms with Gasteiger partial charge in [-0.3, -0.25) is 0 Å². The van der Waals surface area contributed by atoms with Crippen LogP contribution in [0.4, 0.5) is 0 Å². The summed E-state index contributed by atoms with van der Waals surface area (Å²) in [6, 6.07) is 0. The van der Waals surface area contributed by atoms with Crippen molar-refractivity contribution in [2.45, 2.75) is 52.4 Å². The molecule has 4 unspecified atom stereocenters. The molecule has 0 aromatic rings. The zero-order valence-electron chi connectivity index (χ0n) is 47.7. The van der Waals surface area contributed by atoms with Crippen LogP contribution in [0.2, 0.25) is 52.4 Å². The lowest BCUT2D eigenvalue weighted by molar-refractivity contribution is 0.296. The van der Waals surface area contributed by atoms with Gasteiger partial charge in [-0.25, -0.2) is 0 Å². The predicted molar refractivity (Wildman–Crippen MR) is 367 cm³/mol. The van der Waals surface area contributed by atoms with E-state index in [2.05, 4.69) is 10.5 Å². The molecule has 0 fully saturated rings. The zero-order chi connectivity index (χ0) is 71.9. The summed E-state index contributed by atoms with van der Waals surface area (Å²) in [4.78, 5) is 307. The van der Waals surface area contributed by atoms with Crippen molar-refractivity contribution in [3.63, 3.8) is 0 Å². The summed E-state index contributed by atoms with van der Waals surface area (Å²) in [5.41, 5.74) is 0. The molecule has 4 atom stereocenters. The van der Waals surface area contributed by atoms with Crippen molar-refractivity contribution in [1.82, 2.24) is 0 Å². The van der Waals surface area contributed by atoms with Crippen LogP contribution in [-0.2, 0) is 66.2 Å². The molecule has 502 valence electrons. The molecule has 83 heteroatoms.